The number of hydrogen-bond donors (Lipinski definition) is 2. The maximum absolute atomic E-state index is 12.1. The van der Waals surface area contributed by atoms with Crippen molar-refractivity contribution in [3.05, 3.63) is 22.4 Å². The van der Waals surface area contributed by atoms with Crippen LogP contribution in [0.3, 0.4) is 0 Å². The van der Waals surface area contributed by atoms with Crippen molar-refractivity contribution in [1.82, 2.24) is 15.5 Å². The summed E-state index contributed by atoms with van der Waals surface area (Å²) < 4.78 is 0. The molecule has 0 aromatic carbocycles. The van der Waals surface area contributed by atoms with Gasteiger partial charge in [0.25, 0.3) is 0 Å². The van der Waals surface area contributed by atoms with Gasteiger partial charge in [0, 0.05) is 37.5 Å². The van der Waals surface area contributed by atoms with E-state index in [0.29, 0.717) is 18.4 Å². The number of hydrogen-bond acceptors (Lipinski definition) is 3. The first-order valence-corrected chi connectivity index (χ1v) is 8.84. The van der Waals surface area contributed by atoms with Crippen LogP contribution in [0, 0.1) is 0 Å². The zero-order valence-corrected chi connectivity index (χ0v) is 17.0. The second-order valence-corrected chi connectivity index (χ2v) is 6.64. The topological polar surface area (TPSA) is 56.7 Å². The fourth-order valence-corrected chi connectivity index (χ4v) is 3.34. The molecular formula is C16H27IN4OS. The molecule has 1 unspecified atom stereocenters. The molecule has 0 aliphatic carbocycles. The van der Waals surface area contributed by atoms with Crippen molar-refractivity contribution in [2.24, 2.45) is 4.99 Å². The average molecular weight is 450 g/mol. The molecule has 130 valence electrons. The summed E-state index contributed by atoms with van der Waals surface area (Å²) in [5.41, 5.74) is 0. The van der Waals surface area contributed by atoms with Crippen LogP contribution in [0.25, 0.3) is 0 Å². The van der Waals surface area contributed by atoms with Gasteiger partial charge in [-0.15, -0.1) is 35.3 Å². The van der Waals surface area contributed by atoms with Gasteiger partial charge in [-0.05, 0) is 30.7 Å². The summed E-state index contributed by atoms with van der Waals surface area (Å²) in [6, 6.07) is 4.22. The third-order valence-electron chi connectivity index (χ3n) is 3.94. The van der Waals surface area contributed by atoms with Gasteiger partial charge in [-0.25, -0.2) is 0 Å². The molecule has 1 aliphatic heterocycles. The molecule has 1 saturated heterocycles. The molecule has 0 bridgehead atoms. The fourth-order valence-electron chi connectivity index (χ4n) is 2.56. The highest BCUT2D eigenvalue weighted by Gasteiger charge is 2.16. The lowest BCUT2D eigenvalue weighted by atomic mass is 10.1. The summed E-state index contributed by atoms with van der Waals surface area (Å²) in [5, 5.41) is 8.50. The standard InChI is InChI=1S/C16H26N4OS.HI/c1-13(14-7-6-10-22-14)11-18-16(17-2)19-12-15(21)20-8-4-3-5-9-20;/h6-7,10,13H,3-5,8-9,11-12H2,1-2H3,(H2,17,18,19);1H. The third kappa shape index (κ3) is 6.66. The van der Waals surface area contributed by atoms with Crippen LogP contribution in [0.15, 0.2) is 22.5 Å². The summed E-state index contributed by atoms with van der Waals surface area (Å²) in [7, 11) is 1.73. The quantitative estimate of drug-likeness (QED) is 0.412. The van der Waals surface area contributed by atoms with Gasteiger partial charge in [-0.3, -0.25) is 9.79 Å². The summed E-state index contributed by atoms with van der Waals surface area (Å²) in [6.07, 6.45) is 3.48. The second-order valence-electron chi connectivity index (χ2n) is 5.66. The minimum Gasteiger partial charge on any atom is -0.356 e. The number of aliphatic imine (C=N–C) groups is 1. The van der Waals surface area contributed by atoms with Crippen molar-refractivity contribution < 1.29 is 4.79 Å². The number of likely N-dealkylation sites (tertiary alicyclic amines) is 1. The number of carbonyl (C=O) groups is 1. The Morgan fingerprint density at radius 2 is 2.09 bits per heavy atom. The Morgan fingerprint density at radius 3 is 2.70 bits per heavy atom. The van der Waals surface area contributed by atoms with Gasteiger partial charge in [0.2, 0.25) is 5.91 Å². The minimum absolute atomic E-state index is 0. The number of rotatable bonds is 5. The monoisotopic (exact) mass is 450 g/mol. The summed E-state index contributed by atoms with van der Waals surface area (Å²) in [5.74, 6) is 1.28. The minimum atomic E-state index is 0. The molecule has 23 heavy (non-hydrogen) atoms. The molecule has 0 radical (unpaired) electrons. The highest BCUT2D eigenvalue weighted by Crippen LogP contribution is 2.19. The lowest BCUT2D eigenvalue weighted by Crippen LogP contribution is -2.46. The Bertz CT molecular complexity index is 486. The molecule has 1 fully saturated rings. The molecule has 7 heteroatoms. The van der Waals surface area contributed by atoms with Crippen molar-refractivity contribution in [1.29, 1.82) is 0 Å². The lowest BCUT2D eigenvalue weighted by Gasteiger charge is -2.27. The molecule has 1 atom stereocenters. The Morgan fingerprint density at radius 1 is 1.35 bits per heavy atom. The Kier molecular flexibility index (Phi) is 9.54. The van der Waals surface area contributed by atoms with Crippen LogP contribution >= 0.6 is 35.3 Å². The molecule has 2 N–H and O–H groups in total. The van der Waals surface area contributed by atoms with Crippen LogP contribution < -0.4 is 10.6 Å². The number of halogens is 1. The summed E-state index contributed by atoms with van der Waals surface area (Å²) in [4.78, 5) is 19.6. The van der Waals surface area contributed by atoms with Gasteiger partial charge < -0.3 is 15.5 Å². The maximum atomic E-state index is 12.1. The van der Waals surface area contributed by atoms with Gasteiger partial charge in [0.1, 0.15) is 0 Å². The van der Waals surface area contributed by atoms with Gasteiger partial charge in [0.15, 0.2) is 5.96 Å². The predicted molar refractivity (Wildman–Crippen MR) is 108 cm³/mol. The first kappa shape index (κ1) is 20.2. The van der Waals surface area contributed by atoms with Crippen LogP contribution in [0.4, 0.5) is 0 Å². The summed E-state index contributed by atoms with van der Waals surface area (Å²) in [6.45, 7) is 5.08. The first-order chi connectivity index (χ1) is 10.7. The number of carbonyl (C=O) groups excluding carboxylic acids is 1. The number of amides is 1. The van der Waals surface area contributed by atoms with Crippen molar-refractivity contribution >= 4 is 47.2 Å². The molecule has 5 nitrogen and oxygen atoms in total. The maximum Gasteiger partial charge on any atom is 0.241 e. The Hall–Kier alpha value is -0.830. The fraction of sp³-hybridized carbons (Fsp3) is 0.625. The Labute approximate surface area is 160 Å². The molecule has 1 aliphatic rings. The smallest absolute Gasteiger partial charge is 0.241 e. The van der Waals surface area contributed by atoms with Crippen LogP contribution in [0.2, 0.25) is 0 Å². The molecule has 1 aromatic heterocycles. The molecule has 2 heterocycles. The third-order valence-corrected chi connectivity index (χ3v) is 5.05. The van der Waals surface area contributed by atoms with Gasteiger partial charge in [0.05, 0.1) is 6.54 Å². The van der Waals surface area contributed by atoms with E-state index in [4.69, 9.17) is 0 Å². The summed E-state index contributed by atoms with van der Waals surface area (Å²) >= 11 is 1.77. The number of guanidine groups is 1. The van der Waals surface area contributed by atoms with E-state index in [1.807, 2.05) is 4.90 Å². The number of thiophene rings is 1. The SMILES string of the molecule is CN=C(NCC(=O)N1CCCCC1)NCC(C)c1cccs1.I. The highest BCUT2D eigenvalue weighted by molar-refractivity contribution is 14.0. The number of nitrogens with one attached hydrogen (secondary N) is 2. The largest absolute Gasteiger partial charge is 0.356 e. The van der Waals surface area contributed by atoms with Crippen molar-refractivity contribution in [2.45, 2.75) is 32.1 Å². The van der Waals surface area contributed by atoms with Crippen LogP contribution in [0.5, 0.6) is 0 Å². The van der Waals surface area contributed by atoms with E-state index in [0.717, 1.165) is 32.5 Å². The molecule has 1 amide bonds. The Balaban J connectivity index is 0.00000264. The zero-order chi connectivity index (χ0) is 15.8. The van der Waals surface area contributed by atoms with E-state index in [1.54, 1.807) is 18.4 Å². The van der Waals surface area contributed by atoms with Crippen molar-refractivity contribution in [3.63, 3.8) is 0 Å². The second kappa shape index (κ2) is 10.9. The lowest BCUT2D eigenvalue weighted by molar-refractivity contribution is -0.130. The first-order valence-electron chi connectivity index (χ1n) is 7.96. The van der Waals surface area contributed by atoms with Crippen LogP contribution in [0.1, 0.15) is 37.0 Å². The predicted octanol–water partition coefficient (Wildman–Crippen LogP) is 2.65. The zero-order valence-electron chi connectivity index (χ0n) is 13.9. The molecule has 0 saturated carbocycles. The average Bonchev–Trinajstić information content (AvgIpc) is 3.10. The van der Waals surface area contributed by atoms with Crippen molar-refractivity contribution in [3.8, 4) is 0 Å². The van der Waals surface area contributed by atoms with Gasteiger partial charge >= 0.3 is 0 Å². The molecule has 1 aromatic rings. The van der Waals surface area contributed by atoms with E-state index < -0.39 is 0 Å². The van der Waals surface area contributed by atoms with Gasteiger partial charge in [-0.1, -0.05) is 13.0 Å². The van der Waals surface area contributed by atoms with Gasteiger partial charge in [-0.2, -0.15) is 0 Å². The van der Waals surface area contributed by atoms with E-state index in [-0.39, 0.29) is 29.9 Å². The normalized spacial score (nSPS) is 16.4. The highest BCUT2D eigenvalue weighted by atomic mass is 127. The van der Waals surface area contributed by atoms with Crippen molar-refractivity contribution in [2.75, 3.05) is 33.2 Å². The molecule has 0 spiro atoms. The van der Waals surface area contributed by atoms with E-state index in [2.05, 4.69) is 40.1 Å². The molecular weight excluding hydrogens is 423 g/mol. The van der Waals surface area contributed by atoms with E-state index >= 15 is 0 Å². The number of piperidine rings is 1. The number of nitrogens with zero attached hydrogens (tertiary/aromatic N) is 2. The van der Waals surface area contributed by atoms with Crippen LogP contribution in [-0.2, 0) is 4.79 Å². The van der Waals surface area contributed by atoms with E-state index in [1.165, 1.54) is 11.3 Å². The van der Waals surface area contributed by atoms with Crippen LogP contribution in [-0.4, -0.2) is 50.0 Å². The van der Waals surface area contributed by atoms with E-state index in [9.17, 15) is 4.79 Å². The molecule has 2 rings (SSSR count).